The lowest BCUT2D eigenvalue weighted by Gasteiger charge is -2.09. The first-order valence-electron chi connectivity index (χ1n) is 6.58. The van der Waals surface area contributed by atoms with E-state index in [0.29, 0.717) is 5.69 Å². The molecule has 0 bridgehead atoms. The molecule has 2 aromatic carbocycles. The van der Waals surface area contributed by atoms with Gasteiger partial charge in [0.1, 0.15) is 5.75 Å². The van der Waals surface area contributed by atoms with Crippen molar-refractivity contribution in [1.82, 2.24) is 4.98 Å². The summed E-state index contributed by atoms with van der Waals surface area (Å²) in [6.45, 7) is 0. The van der Waals surface area contributed by atoms with E-state index in [0.717, 1.165) is 27.8 Å². The van der Waals surface area contributed by atoms with Crippen LogP contribution in [0.5, 0.6) is 5.75 Å². The van der Waals surface area contributed by atoms with Crippen molar-refractivity contribution in [2.75, 3.05) is 11.8 Å². The largest absolute Gasteiger partial charge is 0.497 e. The zero-order valence-electron chi connectivity index (χ0n) is 11.8. The van der Waals surface area contributed by atoms with Crippen LogP contribution in [0.2, 0.25) is 0 Å². The number of rotatable bonds is 4. The van der Waals surface area contributed by atoms with Crippen molar-refractivity contribution in [3.8, 4) is 16.9 Å². The SMILES string of the molecule is COc1ccc2c(-c3ccc(NS(=O)O)cc3)ccnc2c1. The highest BCUT2D eigenvalue weighted by molar-refractivity contribution is 7.80. The van der Waals surface area contributed by atoms with Gasteiger partial charge in [-0.25, -0.2) is 4.21 Å². The Morgan fingerprint density at radius 1 is 1.14 bits per heavy atom. The fourth-order valence-electron chi connectivity index (χ4n) is 2.33. The van der Waals surface area contributed by atoms with Crippen molar-refractivity contribution in [3.63, 3.8) is 0 Å². The summed E-state index contributed by atoms with van der Waals surface area (Å²) in [7, 11) is 1.63. The summed E-state index contributed by atoms with van der Waals surface area (Å²) in [5.41, 5.74) is 3.50. The first-order valence-corrected chi connectivity index (χ1v) is 7.69. The Morgan fingerprint density at radius 2 is 1.91 bits per heavy atom. The summed E-state index contributed by atoms with van der Waals surface area (Å²) in [4.78, 5) is 4.37. The number of nitrogens with one attached hydrogen (secondary N) is 1. The molecule has 1 unspecified atom stereocenters. The van der Waals surface area contributed by atoms with Crippen LogP contribution < -0.4 is 9.46 Å². The standard InChI is InChI=1S/C16H14N2O3S/c1-21-13-6-7-15-14(8-9-17-16(15)10-13)11-2-4-12(5-3-11)18-22(19)20/h2-10,18H,1H3,(H,19,20). The average Bonchev–Trinajstić information content (AvgIpc) is 2.54. The van der Waals surface area contributed by atoms with E-state index in [4.69, 9.17) is 9.29 Å². The summed E-state index contributed by atoms with van der Waals surface area (Å²) in [6, 6.07) is 15.0. The van der Waals surface area contributed by atoms with E-state index in [9.17, 15) is 4.21 Å². The molecule has 6 heteroatoms. The quantitative estimate of drug-likeness (QED) is 0.723. The van der Waals surface area contributed by atoms with Gasteiger partial charge in [-0.05, 0) is 41.5 Å². The zero-order valence-corrected chi connectivity index (χ0v) is 12.6. The average molecular weight is 314 g/mol. The van der Waals surface area contributed by atoms with Gasteiger partial charge in [-0.2, -0.15) is 0 Å². The van der Waals surface area contributed by atoms with Crippen molar-refractivity contribution >= 4 is 27.9 Å². The number of hydrogen-bond donors (Lipinski definition) is 2. The maximum Gasteiger partial charge on any atom is 0.259 e. The number of fused-ring (bicyclic) bond motifs is 1. The van der Waals surface area contributed by atoms with Crippen molar-refractivity contribution in [2.24, 2.45) is 0 Å². The van der Waals surface area contributed by atoms with E-state index in [2.05, 4.69) is 9.71 Å². The molecule has 1 atom stereocenters. The number of pyridine rings is 1. The molecule has 0 fully saturated rings. The van der Waals surface area contributed by atoms with Gasteiger partial charge in [-0.3, -0.25) is 14.3 Å². The Labute approximate surface area is 130 Å². The Bertz CT molecular complexity index is 834. The zero-order chi connectivity index (χ0) is 15.5. The van der Waals surface area contributed by atoms with E-state index >= 15 is 0 Å². The lowest BCUT2D eigenvalue weighted by molar-refractivity contribution is 0.415. The number of anilines is 1. The fraction of sp³-hybridized carbons (Fsp3) is 0.0625. The van der Waals surface area contributed by atoms with Crippen LogP contribution in [0.1, 0.15) is 0 Å². The molecule has 112 valence electrons. The third-order valence-corrected chi connectivity index (χ3v) is 3.76. The molecule has 1 heterocycles. The van der Waals surface area contributed by atoms with Crippen LogP contribution in [-0.2, 0) is 11.3 Å². The predicted molar refractivity (Wildman–Crippen MR) is 88.1 cm³/mol. The summed E-state index contributed by atoms with van der Waals surface area (Å²) >= 11 is -2.07. The molecule has 0 saturated carbocycles. The molecule has 0 saturated heterocycles. The van der Waals surface area contributed by atoms with Crippen LogP contribution in [0.15, 0.2) is 54.7 Å². The summed E-state index contributed by atoms with van der Waals surface area (Å²) < 4.78 is 27.2. The topological polar surface area (TPSA) is 71.5 Å². The van der Waals surface area contributed by atoms with Crippen molar-refractivity contribution in [1.29, 1.82) is 0 Å². The van der Waals surface area contributed by atoms with E-state index in [-0.39, 0.29) is 0 Å². The molecule has 1 aromatic heterocycles. The number of methoxy groups -OCH3 is 1. The van der Waals surface area contributed by atoms with Crippen LogP contribution in [-0.4, -0.2) is 20.9 Å². The molecule has 0 aliphatic heterocycles. The highest BCUT2D eigenvalue weighted by atomic mass is 32.2. The van der Waals surface area contributed by atoms with Crippen LogP contribution in [0.3, 0.4) is 0 Å². The summed E-state index contributed by atoms with van der Waals surface area (Å²) in [5.74, 6) is 0.766. The number of nitrogens with zero attached hydrogens (tertiary/aromatic N) is 1. The minimum absolute atomic E-state index is 0.588. The molecule has 3 rings (SSSR count). The highest BCUT2D eigenvalue weighted by Crippen LogP contribution is 2.30. The third kappa shape index (κ3) is 2.93. The van der Waals surface area contributed by atoms with Gasteiger partial charge in [-0.1, -0.05) is 12.1 Å². The van der Waals surface area contributed by atoms with Crippen molar-refractivity contribution in [3.05, 3.63) is 54.7 Å². The summed E-state index contributed by atoms with van der Waals surface area (Å²) in [6.07, 6.45) is 1.76. The Hall–Kier alpha value is -2.44. The molecule has 22 heavy (non-hydrogen) atoms. The molecule has 5 nitrogen and oxygen atoms in total. The maximum atomic E-state index is 10.7. The van der Waals surface area contributed by atoms with Crippen LogP contribution in [0, 0.1) is 0 Å². The Kier molecular flexibility index (Phi) is 4.04. The van der Waals surface area contributed by atoms with Crippen LogP contribution in [0.25, 0.3) is 22.0 Å². The van der Waals surface area contributed by atoms with Crippen LogP contribution >= 0.6 is 0 Å². The molecule has 0 aliphatic carbocycles. The van der Waals surface area contributed by atoms with E-state index in [1.54, 1.807) is 25.4 Å². The molecular weight excluding hydrogens is 300 g/mol. The highest BCUT2D eigenvalue weighted by Gasteiger charge is 2.06. The molecule has 0 radical (unpaired) electrons. The second kappa shape index (κ2) is 6.13. The van der Waals surface area contributed by atoms with Gasteiger partial charge >= 0.3 is 0 Å². The second-order valence-corrected chi connectivity index (χ2v) is 5.37. The Balaban J connectivity index is 2.04. The number of ether oxygens (including phenoxy) is 1. The van der Waals surface area contributed by atoms with Gasteiger partial charge in [-0.15, -0.1) is 0 Å². The van der Waals surface area contributed by atoms with Crippen molar-refractivity contribution < 1.29 is 13.5 Å². The number of benzene rings is 2. The molecule has 0 amide bonds. The first kappa shape index (κ1) is 14.5. The predicted octanol–water partition coefficient (Wildman–Crippen LogP) is 3.46. The molecule has 2 N–H and O–H groups in total. The minimum Gasteiger partial charge on any atom is -0.497 e. The minimum atomic E-state index is -2.07. The number of aromatic nitrogens is 1. The monoisotopic (exact) mass is 314 g/mol. The van der Waals surface area contributed by atoms with Gasteiger partial charge in [0.05, 0.1) is 12.6 Å². The van der Waals surface area contributed by atoms with Crippen molar-refractivity contribution in [2.45, 2.75) is 0 Å². The van der Waals surface area contributed by atoms with Crippen LogP contribution in [0.4, 0.5) is 5.69 Å². The van der Waals surface area contributed by atoms with E-state index < -0.39 is 11.3 Å². The van der Waals surface area contributed by atoms with Gasteiger partial charge in [0.2, 0.25) is 0 Å². The van der Waals surface area contributed by atoms with Gasteiger partial charge in [0, 0.05) is 23.3 Å². The number of hydrogen-bond acceptors (Lipinski definition) is 3. The lowest BCUT2D eigenvalue weighted by Crippen LogP contribution is -2.01. The smallest absolute Gasteiger partial charge is 0.259 e. The fourth-order valence-corrected chi connectivity index (χ4v) is 2.66. The van der Waals surface area contributed by atoms with Gasteiger partial charge < -0.3 is 4.74 Å². The van der Waals surface area contributed by atoms with Gasteiger partial charge in [0.15, 0.2) is 0 Å². The molecule has 0 aliphatic rings. The van der Waals surface area contributed by atoms with Gasteiger partial charge in [0.25, 0.3) is 11.3 Å². The molecule has 0 spiro atoms. The maximum absolute atomic E-state index is 10.7. The summed E-state index contributed by atoms with van der Waals surface area (Å²) in [5, 5.41) is 1.02. The lowest BCUT2D eigenvalue weighted by atomic mass is 10.0. The third-order valence-electron chi connectivity index (χ3n) is 3.35. The Morgan fingerprint density at radius 3 is 2.59 bits per heavy atom. The normalized spacial score (nSPS) is 12.1. The molecular formula is C16H14N2O3S. The second-order valence-electron chi connectivity index (χ2n) is 4.67. The van der Waals surface area contributed by atoms with E-state index in [1.165, 1.54) is 0 Å². The van der Waals surface area contributed by atoms with E-state index in [1.807, 2.05) is 36.4 Å². The first-order chi connectivity index (χ1) is 10.7. The molecule has 3 aromatic rings.